The Morgan fingerprint density at radius 2 is 1.05 bits per heavy atom. The highest BCUT2D eigenvalue weighted by atomic mass is 16.6. The van der Waals surface area contributed by atoms with Crippen molar-refractivity contribution in [1.29, 1.82) is 0 Å². The van der Waals surface area contributed by atoms with Gasteiger partial charge >= 0.3 is 11.9 Å². The zero-order valence-corrected chi connectivity index (χ0v) is 23.9. The Morgan fingerprint density at radius 3 is 1.47 bits per heavy atom. The smallest absolute Gasteiger partial charge is 0.343 e. The number of hydrogen-bond donors (Lipinski definition) is 0. The minimum atomic E-state index is -0.543. The maximum Gasteiger partial charge on any atom is 0.343 e. The molecular weight excluding hydrogens is 476 g/mol. The van der Waals surface area contributed by atoms with E-state index in [1.807, 2.05) is 77.9 Å². The van der Waals surface area contributed by atoms with Crippen LogP contribution in [-0.2, 0) is 10.2 Å². The van der Waals surface area contributed by atoms with Gasteiger partial charge in [-0.3, -0.25) is 0 Å². The second-order valence-electron chi connectivity index (χ2n) is 11.4. The minimum absolute atomic E-state index is 0.209. The van der Waals surface area contributed by atoms with E-state index in [0.29, 0.717) is 23.3 Å². The van der Waals surface area contributed by atoms with Gasteiger partial charge in [0, 0.05) is 5.41 Å². The van der Waals surface area contributed by atoms with Gasteiger partial charge in [-0.25, -0.2) is 9.59 Å². The topological polar surface area (TPSA) is 61.8 Å². The van der Waals surface area contributed by atoms with Crippen molar-refractivity contribution in [3.05, 3.63) is 95.1 Å². The van der Waals surface area contributed by atoms with Crippen LogP contribution in [0, 0.1) is 0 Å². The Morgan fingerprint density at radius 1 is 0.605 bits per heavy atom. The second-order valence-corrected chi connectivity index (χ2v) is 11.4. The van der Waals surface area contributed by atoms with Gasteiger partial charge in [-0.1, -0.05) is 45.0 Å². The quantitative estimate of drug-likeness (QED) is 0.212. The summed E-state index contributed by atoms with van der Waals surface area (Å²) in [5.41, 5.74) is 2.07. The number of ether oxygens (including phenoxy) is 3. The first-order valence-electron chi connectivity index (χ1n) is 13.2. The van der Waals surface area contributed by atoms with Gasteiger partial charge in [0.2, 0.25) is 0 Å². The average Bonchev–Trinajstić information content (AvgIpc) is 2.88. The maximum absolute atomic E-state index is 12.7. The fourth-order valence-corrected chi connectivity index (χ4v) is 4.00. The van der Waals surface area contributed by atoms with E-state index in [1.54, 1.807) is 24.3 Å². The third-order valence-electron chi connectivity index (χ3n) is 6.90. The van der Waals surface area contributed by atoms with E-state index in [2.05, 4.69) is 26.0 Å². The molecule has 0 aliphatic rings. The lowest BCUT2D eigenvalue weighted by molar-refractivity contribution is -0.00246. The van der Waals surface area contributed by atoms with Crippen molar-refractivity contribution in [1.82, 2.24) is 0 Å². The van der Waals surface area contributed by atoms with E-state index >= 15 is 0 Å². The summed E-state index contributed by atoms with van der Waals surface area (Å²) in [7, 11) is 0. The molecule has 3 rings (SSSR count). The van der Waals surface area contributed by atoms with Crippen LogP contribution in [0.15, 0.2) is 72.8 Å². The van der Waals surface area contributed by atoms with Crippen LogP contribution in [0.2, 0.25) is 0 Å². The highest BCUT2D eigenvalue weighted by molar-refractivity contribution is 5.94. The van der Waals surface area contributed by atoms with Crippen LogP contribution in [-0.4, -0.2) is 23.1 Å². The summed E-state index contributed by atoms with van der Waals surface area (Å²) >= 11 is 0. The van der Waals surface area contributed by atoms with E-state index in [0.717, 1.165) is 17.7 Å². The number of esters is 2. The van der Waals surface area contributed by atoms with Crippen molar-refractivity contribution in [2.45, 2.75) is 84.8 Å². The lowest BCUT2D eigenvalue weighted by Gasteiger charge is -2.30. The summed E-state index contributed by atoms with van der Waals surface area (Å²) in [4.78, 5) is 25.1. The fraction of sp³-hybridized carbons (Fsp3) is 0.394. The van der Waals surface area contributed by atoms with E-state index < -0.39 is 17.5 Å². The maximum atomic E-state index is 12.7. The SMILES string of the molecule is CCC(C)(C)OC(=O)c1ccc(C(=O)Oc2ccc(C(C)(CC)c3ccc(OC(C)(C)C)cc3)cc2)cc1. The lowest BCUT2D eigenvalue weighted by Crippen LogP contribution is -2.27. The molecule has 0 saturated heterocycles. The summed E-state index contributed by atoms with van der Waals surface area (Å²) in [6.45, 7) is 16.2. The molecule has 0 bridgehead atoms. The first-order chi connectivity index (χ1) is 17.8. The summed E-state index contributed by atoms with van der Waals surface area (Å²) in [6, 6.07) is 22.2. The number of carbonyl (C=O) groups excluding carboxylic acids is 2. The molecule has 0 aliphatic carbocycles. The second kappa shape index (κ2) is 11.4. The molecule has 0 fully saturated rings. The first kappa shape index (κ1) is 29.0. The molecule has 202 valence electrons. The molecule has 38 heavy (non-hydrogen) atoms. The van der Waals surface area contributed by atoms with E-state index in [4.69, 9.17) is 14.2 Å². The normalized spacial score (nSPS) is 13.4. The van der Waals surface area contributed by atoms with Crippen molar-refractivity contribution in [2.75, 3.05) is 0 Å². The van der Waals surface area contributed by atoms with Gasteiger partial charge in [0.05, 0.1) is 11.1 Å². The summed E-state index contributed by atoms with van der Waals surface area (Å²) in [6.07, 6.45) is 1.61. The largest absolute Gasteiger partial charge is 0.488 e. The zero-order chi connectivity index (χ0) is 28.1. The Bertz CT molecular complexity index is 1230. The Balaban J connectivity index is 1.69. The molecule has 5 heteroatoms. The minimum Gasteiger partial charge on any atom is -0.488 e. The van der Waals surface area contributed by atoms with Crippen LogP contribution >= 0.6 is 0 Å². The molecule has 1 atom stereocenters. The number of hydrogen-bond acceptors (Lipinski definition) is 5. The molecule has 3 aromatic rings. The highest BCUT2D eigenvalue weighted by Crippen LogP contribution is 2.37. The van der Waals surface area contributed by atoms with Crippen molar-refractivity contribution in [2.24, 2.45) is 0 Å². The van der Waals surface area contributed by atoms with Crippen LogP contribution in [0.5, 0.6) is 11.5 Å². The molecule has 1 unspecified atom stereocenters. The molecule has 0 heterocycles. The molecule has 0 saturated carbocycles. The van der Waals surface area contributed by atoms with Crippen LogP contribution in [0.3, 0.4) is 0 Å². The molecule has 3 aromatic carbocycles. The van der Waals surface area contributed by atoms with E-state index in [-0.39, 0.29) is 11.0 Å². The van der Waals surface area contributed by atoms with Crippen molar-refractivity contribution < 1.29 is 23.8 Å². The van der Waals surface area contributed by atoms with Crippen LogP contribution in [0.25, 0.3) is 0 Å². The summed E-state index contributed by atoms with van der Waals surface area (Å²) in [5, 5.41) is 0. The summed E-state index contributed by atoms with van der Waals surface area (Å²) in [5.74, 6) is 0.401. The van der Waals surface area contributed by atoms with Crippen molar-refractivity contribution >= 4 is 11.9 Å². The Hall–Kier alpha value is -3.60. The Kier molecular flexibility index (Phi) is 8.71. The van der Waals surface area contributed by atoms with Crippen molar-refractivity contribution in [3.63, 3.8) is 0 Å². The van der Waals surface area contributed by atoms with Gasteiger partial charge in [-0.05, 0) is 107 Å². The number of rotatable bonds is 9. The van der Waals surface area contributed by atoms with E-state index in [1.165, 1.54) is 5.56 Å². The highest BCUT2D eigenvalue weighted by Gasteiger charge is 2.27. The Labute approximate surface area is 227 Å². The molecule has 5 nitrogen and oxygen atoms in total. The number of carbonyl (C=O) groups is 2. The molecule has 0 N–H and O–H groups in total. The van der Waals surface area contributed by atoms with Crippen LogP contribution in [0.4, 0.5) is 0 Å². The van der Waals surface area contributed by atoms with Crippen LogP contribution in [0.1, 0.15) is 100 Å². The molecule has 0 aliphatic heterocycles. The monoisotopic (exact) mass is 516 g/mol. The summed E-state index contributed by atoms with van der Waals surface area (Å²) < 4.78 is 17.1. The van der Waals surface area contributed by atoms with Gasteiger partial charge in [0.1, 0.15) is 22.7 Å². The average molecular weight is 517 g/mol. The van der Waals surface area contributed by atoms with Gasteiger partial charge in [-0.15, -0.1) is 0 Å². The van der Waals surface area contributed by atoms with Gasteiger partial charge in [0.15, 0.2) is 0 Å². The molecule has 0 aromatic heterocycles. The van der Waals surface area contributed by atoms with Crippen LogP contribution < -0.4 is 9.47 Å². The predicted octanol–water partition coefficient (Wildman–Crippen LogP) is 8.14. The number of benzene rings is 3. The fourth-order valence-electron chi connectivity index (χ4n) is 4.00. The van der Waals surface area contributed by atoms with Gasteiger partial charge in [0.25, 0.3) is 0 Å². The van der Waals surface area contributed by atoms with E-state index in [9.17, 15) is 9.59 Å². The molecular formula is C33H40O5. The predicted molar refractivity (Wildman–Crippen MR) is 151 cm³/mol. The third-order valence-corrected chi connectivity index (χ3v) is 6.90. The zero-order valence-electron chi connectivity index (χ0n) is 23.9. The molecule has 0 spiro atoms. The molecule has 0 radical (unpaired) electrons. The molecule has 0 amide bonds. The van der Waals surface area contributed by atoms with Gasteiger partial charge in [-0.2, -0.15) is 0 Å². The van der Waals surface area contributed by atoms with Crippen molar-refractivity contribution in [3.8, 4) is 11.5 Å². The van der Waals surface area contributed by atoms with Gasteiger partial charge < -0.3 is 14.2 Å². The lowest BCUT2D eigenvalue weighted by atomic mass is 9.74. The first-order valence-corrected chi connectivity index (χ1v) is 13.2. The third kappa shape index (κ3) is 7.25. The standard InChI is InChI=1S/C33H40O5/c1-9-32(6,7)38-30(35)24-13-11-23(12-14-24)29(34)36-27-19-15-25(16-20-27)33(8,10-2)26-17-21-28(22-18-26)37-31(3,4)5/h11-22H,9-10H2,1-8H3.